The number of halogens is 4. The summed E-state index contributed by atoms with van der Waals surface area (Å²) in [5.74, 6) is -1.26. The molecule has 0 spiro atoms. The molecule has 3 rings (SSSR count). The minimum atomic E-state index is -4.91. The first-order chi connectivity index (χ1) is 12.8. The van der Waals surface area contributed by atoms with E-state index in [1.807, 2.05) is 0 Å². The second kappa shape index (κ2) is 7.64. The number of para-hydroxylation sites is 2. The van der Waals surface area contributed by atoms with E-state index in [9.17, 15) is 18.0 Å². The Morgan fingerprint density at radius 2 is 1.78 bits per heavy atom. The number of aromatic nitrogens is 1. The predicted molar refractivity (Wildman–Crippen MR) is 98.6 cm³/mol. The van der Waals surface area contributed by atoms with Crippen LogP contribution in [0.25, 0.3) is 10.9 Å². The molecule has 2 aromatic carbocycles. The summed E-state index contributed by atoms with van der Waals surface area (Å²) in [7, 11) is 0. The molecule has 0 N–H and O–H groups in total. The van der Waals surface area contributed by atoms with Gasteiger partial charge in [-0.3, -0.25) is 4.79 Å². The summed E-state index contributed by atoms with van der Waals surface area (Å²) in [5, 5.41) is 0.808. The molecule has 0 radical (unpaired) electrons. The predicted octanol–water partition coefficient (Wildman–Crippen LogP) is 5.82. The minimum absolute atomic E-state index is 0.287. The Kier molecular flexibility index (Phi) is 5.46. The molecule has 3 aromatic rings. The summed E-state index contributed by atoms with van der Waals surface area (Å²) in [6.45, 7) is 2.30. The standard InChI is InChI=1S/C20H17ClF3NO2/c1-13-18(19(26)20(22,23)24)14-7-2-4-9-16(14)25(13)11-6-12-27-17-10-5-3-8-15(17)21/h2-5,7-10H,6,11-12H2,1H3. The Hall–Kier alpha value is -2.47. The van der Waals surface area contributed by atoms with Crippen LogP contribution in [0.15, 0.2) is 48.5 Å². The van der Waals surface area contributed by atoms with Gasteiger partial charge in [0.05, 0.1) is 17.2 Å². The summed E-state index contributed by atoms with van der Waals surface area (Å²) in [6, 6.07) is 13.7. The van der Waals surface area contributed by atoms with Gasteiger partial charge in [-0.15, -0.1) is 0 Å². The number of carbonyl (C=O) groups is 1. The van der Waals surface area contributed by atoms with E-state index >= 15 is 0 Å². The van der Waals surface area contributed by atoms with E-state index in [-0.39, 0.29) is 5.56 Å². The zero-order valence-electron chi connectivity index (χ0n) is 14.5. The molecule has 0 aliphatic carbocycles. The Labute approximate surface area is 159 Å². The quantitative estimate of drug-likeness (QED) is 0.389. The first kappa shape index (κ1) is 19.3. The third kappa shape index (κ3) is 3.95. The zero-order chi connectivity index (χ0) is 19.6. The molecule has 1 aromatic heterocycles. The fourth-order valence-corrected chi connectivity index (χ4v) is 3.30. The van der Waals surface area contributed by atoms with Crippen LogP contribution in [0.4, 0.5) is 13.2 Å². The van der Waals surface area contributed by atoms with Crippen LogP contribution in [-0.2, 0) is 6.54 Å². The summed E-state index contributed by atoms with van der Waals surface area (Å²) in [6.07, 6.45) is -4.36. The minimum Gasteiger partial charge on any atom is -0.492 e. The first-order valence-electron chi connectivity index (χ1n) is 8.37. The summed E-state index contributed by atoms with van der Waals surface area (Å²) in [4.78, 5) is 11.9. The number of carbonyl (C=O) groups excluding carboxylic acids is 1. The zero-order valence-corrected chi connectivity index (χ0v) is 15.3. The van der Waals surface area contributed by atoms with E-state index < -0.39 is 12.0 Å². The number of aryl methyl sites for hydroxylation is 1. The highest BCUT2D eigenvalue weighted by Crippen LogP contribution is 2.32. The van der Waals surface area contributed by atoms with Crippen LogP contribution in [0.2, 0.25) is 5.02 Å². The van der Waals surface area contributed by atoms with Crippen molar-refractivity contribution in [1.29, 1.82) is 0 Å². The lowest BCUT2D eigenvalue weighted by Crippen LogP contribution is -2.23. The highest BCUT2D eigenvalue weighted by Gasteiger charge is 2.41. The molecule has 0 atom stereocenters. The average Bonchev–Trinajstić information content (AvgIpc) is 2.90. The maximum atomic E-state index is 13.0. The number of Topliss-reactive ketones (excluding diaryl/α,β-unsaturated/α-hetero) is 1. The maximum absolute atomic E-state index is 13.0. The third-order valence-electron chi connectivity index (χ3n) is 4.34. The molecule has 0 fully saturated rings. The highest BCUT2D eigenvalue weighted by molar-refractivity contribution is 6.32. The second-order valence-electron chi connectivity index (χ2n) is 6.09. The number of fused-ring (bicyclic) bond motifs is 1. The molecule has 0 saturated heterocycles. The number of benzene rings is 2. The van der Waals surface area contributed by atoms with Gasteiger partial charge >= 0.3 is 6.18 Å². The third-order valence-corrected chi connectivity index (χ3v) is 4.65. The van der Waals surface area contributed by atoms with Crippen molar-refractivity contribution >= 4 is 28.3 Å². The topological polar surface area (TPSA) is 31.2 Å². The van der Waals surface area contributed by atoms with Crippen LogP contribution in [-0.4, -0.2) is 23.1 Å². The van der Waals surface area contributed by atoms with Gasteiger partial charge in [-0.25, -0.2) is 0 Å². The van der Waals surface area contributed by atoms with Gasteiger partial charge in [-0.2, -0.15) is 13.2 Å². The van der Waals surface area contributed by atoms with E-state index in [0.29, 0.717) is 46.9 Å². The molecule has 0 saturated carbocycles. The van der Waals surface area contributed by atoms with Crippen molar-refractivity contribution in [3.63, 3.8) is 0 Å². The molecular formula is C20H17ClF3NO2. The van der Waals surface area contributed by atoms with Gasteiger partial charge in [0, 0.05) is 23.1 Å². The normalized spacial score (nSPS) is 11.7. The van der Waals surface area contributed by atoms with Crippen molar-refractivity contribution < 1.29 is 22.7 Å². The fourth-order valence-electron chi connectivity index (χ4n) is 3.11. The van der Waals surface area contributed by atoms with E-state index in [0.717, 1.165) is 0 Å². The summed E-state index contributed by atoms with van der Waals surface area (Å²) >= 11 is 6.03. The van der Waals surface area contributed by atoms with Gasteiger partial charge in [-0.05, 0) is 31.5 Å². The number of alkyl halides is 3. The number of hydrogen-bond donors (Lipinski definition) is 0. The molecule has 0 unspecified atom stereocenters. The van der Waals surface area contributed by atoms with Crippen LogP contribution in [0.5, 0.6) is 5.75 Å². The van der Waals surface area contributed by atoms with Gasteiger partial charge < -0.3 is 9.30 Å². The summed E-state index contributed by atoms with van der Waals surface area (Å²) < 4.78 is 46.3. The lowest BCUT2D eigenvalue weighted by Gasteiger charge is -2.11. The fraction of sp³-hybridized carbons (Fsp3) is 0.250. The van der Waals surface area contributed by atoms with Crippen molar-refractivity contribution in [1.82, 2.24) is 4.57 Å². The van der Waals surface area contributed by atoms with Crippen molar-refractivity contribution in [2.75, 3.05) is 6.61 Å². The summed E-state index contributed by atoms with van der Waals surface area (Å²) in [5.41, 5.74) is 0.613. The molecule has 1 heterocycles. The van der Waals surface area contributed by atoms with Gasteiger partial charge in [-0.1, -0.05) is 41.9 Å². The van der Waals surface area contributed by atoms with Crippen molar-refractivity contribution in [2.45, 2.75) is 26.1 Å². The Morgan fingerprint density at radius 3 is 2.48 bits per heavy atom. The molecule has 142 valence electrons. The van der Waals surface area contributed by atoms with Crippen LogP contribution in [0.1, 0.15) is 22.5 Å². The van der Waals surface area contributed by atoms with Crippen LogP contribution in [0.3, 0.4) is 0 Å². The largest absolute Gasteiger partial charge is 0.492 e. The number of ether oxygens (including phenoxy) is 1. The van der Waals surface area contributed by atoms with Crippen LogP contribution in [0, 0.1) is 6.92 Å². The molecule has 3 nitrogen and oxygen atoms in total. The van der Waals surface area contributed by atoms with Crippen LogP contribution < -0.4 is 4.74 Å². The van der Waals surface area contributed by atoms with Gasteiger partial charge in [0.25, 0.3) is 5.78 Å². The van der Waals surface area contributed by atoms with Gasteiger partial charge in [0.15, 0.2) is 0 Å². The highest BCUT2D eigenvalue weighted by atomic mass is 35.5. The second-order valence-corrected chi connectivity index (χ2v) is 6.50. The lowest BCUT2D eigenvalue weighted by molar-refractivity contribution is -0.0884. The van der Waals surface area contributed by atoms with Crippen molar-refractivity contribution in [2.24, 2.45) is 0 Å². The van der Waals surface area contributed by atoms with Crippen molar-refractivity contribution in [3.05, 3.63) is 64.8 Å². The monoisotopic (exact) mass is 395 g/mol. The number of ketones is 1. The molecule has 27 heavy (non-hydrogen) atoms. The van der Waals surface area contributed by atoms with E-state index in [4.69, 9.17) is 16.3 Å². The van der Waals surface area contributed by atoms with Crippen LogP contribution >= 0.6 is 11.6 Å². The number of hydrogen-bond acceptors (Lipinski definition) is 2. The average molecular weight is 396 g/mol. The van der Waals surface area contributed by atoms with E-state index in [1.54, 1.807) is 47.0 Å². The molecule has 7 heteroatoms. The molecule has 0 aliphatic rings. The Morgan fingerprint density at radius 1 is 1.11 bits per heavy atom. The molecule has 0 amide bonds. The molecular weight excluding hydrogens is 379 g/mol. The Bertz CT molecular complexity index is 979. The first-order valence-corrected chi connectivity index (χ1v) is 8.75. The molecule has 0 bridgehead atoms. The maximum Gasteiger partial charge on any atom is 0.454 e. The molecule has 0 aliphatic heterocycles. The SMILES string of the molecule is Cc1c(C(=O)C(F)(F)F)c2ccccc2n1CCCOc1ccccc1Cl. The van der Waals surface area contributed by atoms with Crippen molar-refractivity contribution in [3.8, 4) is 5.75 Å². The number of rotatable bonds is 6. The van der Waals surface area contributed by atoms with E-state index in [2.05, 4.69) is 0 Å². The smallest absolute Gasteiger partial charge is 0.454 e. The van der Waals surface area contributed by atoms with Gasteiger partial charge in [0.1, 0.15) is 5.75 Å². The van der Waals surface area contributed by atoms with Gasteiger partial charge in [0.2, 0.25) is 0 Å². The number of nitrogens with zero attached hydrogens (tertiary/aromatic N) is 1. The Balaban J connectivity index is 1.82. The lowest BCUT2D eigenvalue weighted by atomic mass is 10.1. The van der Waals surface area contributed by atoms with E-state index in [1.165, 1.54) is 13.0 Å².